The number of halogens is 4. The summed E-state index contributed by atoms with van der Waals surface area (Å²) in [6, 6.07) is 15.1. The first-order chi connectivity index (χ1) is 17.1. The molecule has 0 amide bonds. The standard InChI is InChI=1S/C27H25ClF3NO4/c1-3-32(12-13-36-22-8-6-21(28)7-9-22)17-19-16-20(27(29,30)31)5-10-23(19)24-14-18(15-26(33)34)4-11-25(24)35-2/h4-14,16H,3,15,17H2,1-2H3,(H,33,34). The smallest absolute Gasteiger partial charge is 0.416 e. The van der Waals surface area contributed by atoms with Crippen LogP contribution in [-0.4, -0.2) is 29.6 Å². The molecule has 9 heteroatoms. The van der Waals surface area contributed by atoms with E-state index in [1.165, 1.54) is 19.4 Å². The van der Waals surface area contributed by atoms with Gasteiger partial charge in [-0.05, 0) is 72.1 Å². The summed E-state index contributed by atoms with van der Waals surface area (Å²) in [6.45, 7) is 2.50. The number of alkyl halides is 3. The van der Waals surface area contributed by atoms with E-state index in [9.17, 15) is 23.1 Å². The number of hydrogen-bond donors (Lipinski definition) is 1. The van der Waals surface area contributed by atoms with Gasteiger partial charge in [-0.15, -0.1) is 0 Å². The highest BCUT2D eigenvalue weighted by atomic mass is 35.5. The largest absolute Gasteiger partial charge is 0.496 e. The van der Waals surface area contributed by atoms with E-state index in [2.05, 4.69) is 0 Å². The fraction of sp³-hybridized carbons (Fsp3) is 0.222. The molecule has 5 nitrogen and oxygen atoms in total. The highest BCUT2D eigenvalue weighted by Gasteiger charge is 2.31. The van der Waals surface area contributed by atoms with E-state index in [-0.39, 0.29) is 13.0 Å². The van der Waals surface area contributed by atoms with Gasteiger partial charge in [0.15, 0.2) is 0 Å². The molecule has 0 spiro atoms. The number of carbonyl (C=O) groups is 1. The molecule has 0 unspecified atom stereocenters. The third-order valence-electron chi connectivity index (χ3n) is 5.41. The summed E-state index contributed by atoms with van der Waals surface area (Å²) in [5.41, 5.74) is 1.15. The van der Waals surface area contributed by atoms with E-state index in [0.29, 0.717) is 45.3 Å². The summed E-state index contributed by atoms with van der Waals surface area (Å²) in [7, 11) is 1.45. The number of ether oxygens (including phenoxy) is 2. The first kappa shape index (κ1) is 26.9. The molecule has 0 radical (unpaired) electrons. The van der Waals surface area contributed by atoms with Crippen LogP contribution in [0.25, 0.3) is 11.1 Å². The van der Waals surface area contributed by atoms with E-state index in [1.807, 2.05) is 6.92 Å². The van der Waals surface area contributed by atoms with E-state index >= 15 is 0 Å². The number of aliphatic carboxylic acids is 1. The zero-order valence-corrected chi connectivity index (χ0v) is 20.4. The van der Waals surface area contributed by atoms with Crippen LogP contribution in [0.5, 0.6) is 11.5 Å². The maximum absolute atomic E-state index is 13.5. The third kappa shape index (κ3) is 7.18. The summed E-state index contributed by atoms with van der Waals surface area (Å²) in [5, 5.41) is 9.75. The van der Waals surface area contributed by atoms with Gasteiger partial charge in [-0.2, -0.15) is 13.2 Å². The van der Waals surface area contributed by atoms with Gasteiger partial charge in [0.2, 0.25) is 0 Å². The van der Waals surface area contributed by atoms with E-state index in [0.717, 1.165) is 12.1 Å². The van der Waals surface area contributed by atoms with Crippen molar-refractivity contribution >= 4 is 17.6 Å². The molecule has 0 fully saturated rings. The zero-order chi connectivity index (χ0) is 26.3. The fourth-order valence-corrected chi connectivity index (χ4v) is 3.74. The Labute approximate surface area is 212 Å². The van der Waals surface area contributed by atoms with Crippen molar-refractivity contribution in [3.05, 3.63) is 94.8 Å². The van der Waals surface area contributed by atoms with Crippen LogP contribution in [0, 0.1) is 0 Å². The van der Waals surface area contributed by atoms with Gasteiger partial charge in [-0.25, -0.2) is 0 Å². The Bertz CT molecular complexity index is 1230. The Morgan fingerprint density at radius 2 is 1.78 bits per heavy atom. The highest BCUT2D eigenvalue weighted by molar-refractivity contribution is 6.30. The minimum atomic E-state index is -4.52. The molecule has 3 aromatic carbocycles. The van der Waals surface area contributed by atoms with Gasteiger partial charge >= 0.3 is 12.1 Å². The fourth-order valence-electron chi connectivity index (χ4n) is 3.61. The Hall–Kier alpha value is -3.65. The topological polar surface area (TPSA) is 59.0 Å². The predicted octanol–water partition coefficient (Wildman–Crippen LogP) is 7.03. The number of rotatable bonds is 10. The second kappa shape index (κ2) is 11.9. The van der Waals surface area contributed by atoms with Gasteiger partial charge in [0.25, 0.3) is 0 Å². The van der Waals surface area contributed by atoms with Crippen LogP contribution >= 0.6 is 11.6 Å². The maximum atomic E-state index is 13.5. The van der Waals surface area contributed by atoms with Crippen LogP contribution in [0.4, 0.5) is 13.2 Å². The summed E-state index contributed by atoms with van der Waals surface area (Å²) < 4.78 is 51.7. The van der Waals surface area contributed by atoms with Crippen molar-refractivity contribution < 1.29 is 32.5 Å². The Balaban J connectivity index is 1.98. The second-order valence-electron chi connectivity index (χ2n) is 7.89. The van der Waals surface area contributed by atoms with Crippen LogP contribution in [0.15, 0.2) is 73.1 Å². The summed E-state index contributed by atoms with van der Waals surface area (Å²) in [6.07, 6.45) is -1.64. The van der Waals surface area contributed by atoms with Crippen molar-refractivity contribution in [2.45, 2.75) is 26.1 Å². The van der Waals surface area contributed by atoms with Gasteiger partial charge in [-0.1, -0.05) is 23.7 Å². The predicted molar refractivity (Wildman–Crippen MR) is 132 cm³/mol. The lowest BCUT2D eigenvalue weighted by Gasteiger charge is -2.22. The number of methoxy groups -OCH3 is 1. The molecule has 0 aromatic heterocycles. The van der Waals surface area contributed by atoms with Gasteiger partial charge in [0.05, 0.1) is 19.1 Å². The molecule has 190 valence electrons. The summed E-state index contributed by atoms with van der Waals surface area (Å²) >= 11 is 5.88. The molecule has 0 saturated heterocycles. The molecule has 0 aliphatic heterocycles. The van der Waals surface area contributed by atoms with Gasteiger partial charge in [-0.3, -0.25) is 4.79 Å². The average Bonchev–Trinajstić information content (AvgIpc) is 2.83. The minimum Gasteiger partial charge on any atom is -0.496 e. The van der Waals surface area contributed by atoms with Crippen molar-refractivity contribution in [2.75, 3.05) is 13.7 Å². The van der Waals surface area contributed by atoms with Crippen LogP contribution in [0.3, 0.4) is 0 Å². The molecule has 0 saturated carbocycles. The van der Waals surface area contributed by atoms with Crippen molar-refractivity contribution in [3.63, 3.8) is 0 Å². The number of carboxylic acid groups (broad SMARTS) is 1. The molecule has 1 N–H and O–H groups in total. The number of carboxylic acids is 1. The van der Waals surface area contributed by atoms with Crippen molar-refractivity contribution in [1.29, 1.82) is 0 Å². The molecule has 0 aliphatic carbocycles. The number of benzene rings is 3. The zero-order valence-electron chi connectivity index (χ0n) is 19.7. The monoisotopic (exact) mass is 519 g/mol. The second-order valence-corrected chi connectivity index (χ2v) is 8.33. The van der Waals surface area contributed by atoms with Gasteiger partial charge in [0.1, 0.15) is 17.8 Å². The lowest BCUT2D eigenvalue weighted by molar-refractivity contribution is -0.138. The van der Waals surface area contributed by atoms with Crippen molar-refractivity contribution in [3.8, 4) is 22.6 Å². The van der Waals surface area contributed by atoms with Gasteiger partial charge in [0, 0.05) is 29.9 Å². The quantitative estimate of drug-likeness (QED) is 0.291. The molecular formula is C27H25ClF3NO4. The molecule has 3 aromatic rings. The number of hydrogen-bond acceptors (Lipinski definition) is 4. The van der Waals surface area contributed by atoms with E-state index < -0.39 is 17.7 Å². The maximum Gasteiger partial charge on any atom is 0.416 e. The molecule has 3 rings (SSSR count). The minimum absolute atomic E-state index is 0.141. The summed E-state index contributed by atoms with van der Waals surface area (Å²) in [5.74, 6) is -0.0250. The normalized spacial score (nSPS) is 11.5. The van der Waals surface area contributed by atoms with Crippen molar-refractivity contribution in [1.82, 2.24) is 4.90 Å². The Morgan fingerprint density at radius 1 is 1.06 bits per heavy atom. The van der Waals surface area contributed by atoms with Crippen molar-refractivity contribution in [2.24, 2.45) is 0 Å². The van der Waals surface area contributed by atoms with E-state index in [4.69, 9.17) is 21.1 Å². The Kier molecular flexibility index (Phi) is 8.88. The van der Waals surface area contributed by atoms with Gasteiger partial charge < -0.3 is 19.5 Å². The molecule has 36 heavy (non-hydrogen) atoms. The van der Waals surface area contributed by atoms with Crippen LogP contribution in [0.1, 0.15) is 23.6 Å². The molecule has 0 bridgehead atoms. The highest BCUT2D eigenvalue weighted by Crippen LogP contribution is 2.38. The molecule has 0 aliphatic rings. The molecular weight excluding hydrogens is 495 g/mol. The first-order valence-corrected chi connectivity index (χ1v) is 11.4. The van der Waals surface area contributed by atoms with Crippen LogP contribution < -0.4 is 9.47 Å². The third-order valence-corrected chi connectivity index (χ3v) is 5.66. The summed E-state index contributed by atoms with van der Waals surface area (Å²) in [4.78, 5) is 13.0. The van der Waals surface area contributed by atoms with Crippen LogP contribution in [0.2, 0.25) is 5.02 Å². The van der Waals surface area contributed by atoms with E-state index in [1.54, 1.807) is 53.6 Å². The molecule has 0 atom stereocenters. The van der Waals surface area contributed by atoms with Crippen LogP contribution in [-0.2, 0) is 23.9 Å². The Morgan fingerprint density at radius 3 is 2.39 bits per heavy atom. The average molecular weight is 520 g/mol. The lowest BCUT2D eigenvalue weighted by Crippen LogP contribution is -2.18. The SMILES string of the molecule is CCN(C=COc1ccc(Cl)cc1)Cc1cc(C(F)(F)F)ccc1-c1cc(CC(=O)O)ccc1OC. The molecule has 0 heterocycles. The number of nitrogens with zero attached hydrogens (tertiary/aromatic N) is 1. The lowest BCUT2D eigenvalue weighted by atomic mass is 9.94. The first-order valence-electron chi connectivity index (χ1n) is 11.0.